The summed E-state index contributed by atoms with van der Waals surface area (Å²) in [6.07, 6.45) is 9.78. The molecule has 0 bridgehead atoms. The van der Waals surface area contributed by atoms with Crippen molar-refractivity contribution in [1.29, 1.82) is 0 Å². The van der Waals surface area contributed by atoms with Crippen LogP contribution in [0.4, 0.5) is 0 Å². The van der Waals surface area contributed by atoms with Crippen LogP contribution in [0, 0.1) is 5.92 Å². The molecule has 134 valence electrons. The van der Waals surface area contributed by atoms with E-state index in [-0.39, 0.29) is 11.8 Å². The van der Waals surface area contributed by atoms with Gasteiger partial charge in [-0.1, -0.05) is 19.3 Å². The number of carbonyl (C=O) groups is 1. The van der Waals surface area contributed by atoms with Crippen molar-refractivity contribution >= 4 is 15.9 Å². The molecule has 1 amide bonds. The molecule has 23 heavy (non-hydrogen) atoms. The third kappa shape index (κ3) is 7.18. The second-order valence-corrected chi connectivity index (χ2v) is 8.81. The van der Waals surface area contributed by atoms with Gasteiger partial charge in [-0.2, -0.15) is 0 Å². The van der Waals surface area contributed by atoms with Crippen molar-refractivity contribution in [3.63, 3.8) is 0 Å². The van der Waals surface area contributed by atoms with Crippen LogP contribution in [0.15, 0.2) is 0 Å². The van der Waals surface area contributed by atoms with Crippen LogP contribution < -0.4 is 10.0 Å². The van der Waals surface area contributed by atoms with E-state index in [0.29, 0.717) is 12.6 Å². The predicted molar refractivity (Wildman–Crippen MR) is 91.6 cm³/mol. The van der Waals surface area contributed by atoms with Gasteiger partial charge in [-0.05, 0) is 38.6 Å². The van der Waals surface area contributed by atoms with E-state index < -0.39 is 10.0 Å². The van der Waals surface area contributed by atoms with Crippen molar-refractivity contribution in [3.05, 3.63) is 0 Å². The predicted octanol–water partition coefficient (Wildman–Crippen LogP) is 1.09. The Balaban J connectivity index is 1.59. The van der Waals surface area contributed by atoms with E-state index in [4.69, 9.17) is 0 Å². The Hall–Kier alpha value is -0.660. The Bertz CT molecular complexity index is 467. The van der Waals surface area contributed by atoms with Gasteiger partial charge in [0.15, 0.2) is 0 Å². The molecule has 6 nitrogen and oxygen atoms in total. The summed E-state index contributed by atoms with van der Waals surface area (Å²) in [7, 11) is -3.08. The fraction of sp³-hybridized carbons (Fsp3) is 0.938. The van der Waals surface area contributed by atoms with Crippen molar-refractivity contribution in [1.82, 2.24) is 14.9 Å². The number of carbonyl (C=O) groups excluding carboxylic acids is 1. The normalized spacial score (nSPS) is 22.1. The first-order chi connectivity index (χ1) is 10.9. The van der Waals surface area contributed by atoms with Crippen LogP contribution in [-0.2, 0) is 14.8 Å². The molecule has 0 aromatic carbocycles. The second-order valence-electron chi connectivity index (χ2n) is 6.98. The number of hydrogen-bond acceptors (Lipinski definition) is 4. The summed E-state index contributed by atoms with van der Waals surface area (Å²) < 4.78 is 24.5. The Kier molecular flexibility index (Phi) is 7.30. The van der Waals surface area contributed by atoms with Crippen LogP contribution >= 0.6 is 0 Å². The Labute approximate surface area is 140 Å². The molecule has 2 N–H and O–H groups in total. The van der Waals surface area contributed by atoms with Crippen LogP contribution in [-0.4, -0.2) is 57.7 Å². The highest BCUT2D eigenvalue weighted by Crippen LogP contribution is 2.24. The van der Waals surface area contributed by atoms with Crippen molar-refractivity contribution < 1.29 is 13.2 Å². The zero-order valence-corrected chi connectivity index (χ0v) is 15.0. The first-order valence-corrected chi connectivity index (χ1v) is 10.8. The summed E-state index contributed by atoms with van der Waals surface area (Å²) in [6.45, 7) is 3.37. The maximum atomic E-state index is 12.3. The van der Waals surface area contributed by atoms with Gasteiger partial charge in [-0.15, -0.1) is 0 Å². The number of sulfonamides is 1. The first kappa shape index (κ1) is 18.7. The van der Waals surface area contributed by atoms with Crippen molar-refractivity contribution in [2.75, 3.05) is 32.4 Å². The molecule has 1 heterocycles. The van der Waals surface area contributed by atoms with E-state index in [1.54, 1.807) is 0 Å². The van der Waals surface area contributed by atoms with E-state index >= 15 is 0 Å². The summed E-state index contributed by atoms with van der Waals surface area (Å²) in [5, 5.41) is 3.24. The standard InChI is InChI=1S/C16H31N3O3S/c1-23(21,22)17-10-5-11-19-12-8-15(9-13-19)18-16(20)14-6-3-2-4-7-14/h14-15,17H,2-13H2,1H3,(H,18,20). The minimum atomic E-state index is -3.08. The summed E-state index contributed by atoms with van der Waals surface area (Å²) in [5.41, 5.74) is 0. The van der Waals surface area contributed by atoms with Crippen molar-refractivity contribution in [3.8, 4) is 0 Å². The summed E-state index contributed by atoms with van der Waals surface area (Å²) in [6, 6.07) is 0.315. The molecule has 0 radical (unpaired) electrons. The second kappa shape index (κ2) is 8.99. The topological polar surface area (TPSA) is 78.5 Å². The molecule has 1 aliphatic heterocycles. The number of hydrogen-bond donors (Lipinski definition) is 2. The molecule has 2 rings (SSSR count). The minimum absolute atomic E-state index is 0.240. The lowest BCUT2D eigenvalue weighted by Gasteiger charge is -2.33. The van der Waals surface area contributed by atoms with Crippen molar-refractivity contribution in [2.45, 2.75) is 57.4 Å². The number of likely N-dealkylation sites (tertiary alicyclic amines) is 1. The monoisotopic (exact) mass is 345 g/mol. The van der Waals surface area contributed by atoms with E-state index in [0.717, 1.165) is 51.7 Å². The minimum Gasteiger partial charge on any atom is -0.353 e. The number of amides is 1. The maximum Gasteiger partial charge on any atom is 0.223 e. The Morgan fingerprint density at radius 1 is 1.09 bits per heavy atom. The lowest BCUT2D eigenvalue weighted by Crippen LogP contribution is -2.46. The van der Waals surface area contributed by atoms with Gasteiger partial charge in [0.25, 0.3) is 0 Å². The van der Waals surface area contributed by atoms with Crippen LogP contribution in [0.5, 0.6) is 0 Å². The van der Waals surface area contributed by atoms with Crippen LogP contribution in [0.3, 0.4) is 0 Å². The summed E-state index contributed by atoms with van der Waals surface area (Å²) >= 11 is 0. The Morgan fingerprint density at radius 2 is 1.74 bits per heavy atom. The smallest absolute Gasteiger partial charge is 0.223 e. The molecule has 0 atom stereocenters. The SMILES string of the molecule is CS(=O)(=O)NCCCN1CCC(NC(=O)C2CCCCC2)CC1. The average Bonchev–Trinajstić information content (AvgIpc) is 2.53. The van der Waals surface area contributed by atoms with E-state index in [1.807, 2.05) is 0 Å². The number of piperidine rings is 1. The molecule has 2 aliphatic rings. The molecule has 2 fully saturated rings. The molecule has 0 spiro atoms. The fourth-order valence-corrected chi connectivity index (χ4v) is 4.06. The molecule has 0 unspecified atom stereocenters. The zero-order valence-electron chi connectivity index (χ0n) is 14.2. The van der Waals surface area contributed by atoms with Crippen LogP contribution in [0.1, 0.15) is 51.4 Å². The highest BCUT2D eigenvalue weighted by atomic mass is 32.2. The average molecular weight is 346 g/mol. The van der Waals surface area contributed by atoms with Crippen molar-refractivity contribution in [2.24, 2.45) is 5.92 Å². The van der Waals surface area contributed by atoms with E-state index in [2.05, 4.69) is 14.9 Å². The number of rotatable bonds is 7. The number of nitrogens with one attached hydrogen (secondary N) is 2. The molecule has 7 heteroatoms. The Morgan fingerprint density at radius 3 is 2.35 bits per heavy atom. The van der Waals surface area contributed by atoms with Gasteiger partial charge in [-0.25, -0.2) is 13.1 Å². The maximum absolute atomic E-state index is 12.3. The lowest BCUT2D eigenvalue weighted by molar-refractivity contribution is -0.127. The third-order valence-electron chi connectivity index (χ3n) is 4.93. The molecule has 0 aromatic heterocycles. The molecule has 1 saturated carbocycles. The fourth-order valence-electron chi connectivity index (χ4n) is 3.54. The first-order valence-electron chi connectivity index (χ1n) is 8.91. The lowest BCUT2D eigenvalue weighted by atomic mass is 9.88. The van der Waals surface area contributed by atoms with E-state index in [1.165, 1.54) is 25.5 Å². The largest absolute Gasteiger partial charge is 0.353 e. The van der Waals surface area contributed by atoms with Gasteiger partial charge in [0.2, 0.25) is 15.9 Å². The highest BCUT2D eigenvalue weighted by molar-refractivity contribution is 7.88. The van der Waals surface area contributed by atoms with Gasteiger partial charge < -0.3 is 10.2 Å². The van der Waals surface area contributed by atoms with Gasteiger partial charge in [0, 0.05) is 31.6 Å². The molecule has 1 aliphatic carbocycles. The molecular formula is C16H31N3O3S. The molecule has 1 saturated heterocycles. The van der Waals surface area contributed by atoms with Crippen LogP contribution in [0.2, 0.25) is 0 Å². The third-order valence-corrected chi connectivity index (χ3v) is 5.65. The quantitative estimate of drug-likeness (QED) is 0.677. The van der Waals surface area contributed by atoms with Crippen LogP contribution in [0.25, 0.3) is 0 Å². The number of nitrogens with zero attached hydrogens (tertiary/aromatic N) is 1. The molecular weight excluding hydrogens is 314 g/mol. The van der Waals surface area contributed by atoms with Gasteiger partial charge in [0.1, 0.15) is 0 Å². The highest BCUT2D eigenvalue weighted by Gasteiger charge is 2.25. The van der Waals surface area contributed by atoms with Gasteiger partial charge in [0.05, 0.1) is 6.26 Å². The summed E-state index contributed by atoms with van der Waals surface area (Å²) in [4.78, 5) is 14.6. The van der Waals surface area contributed by atoms with Gasteiger partial charge in [-0.3, -0.25) is 4.79 Å². The molecule has 0 aromatic rings. The zero-order chi connectivity index (χ0) is 16.7. The summed E-state index contributed by atoms with van der Waals surface area (Å²) in [5.74, 6) is 0.504. The van der Waals surface area contributed by atoms with E-state index in [9.17, 15) is 13.2 Å². The van der Waals surface area contributed by atoms with Gasteiger partial charge >= 0.3 is 0 Å².